The zero-order chi connectivity index (χ0) is 23.4. The van der Waals surface area contributed by atoms with Crippen LogP contribution in [0.25, 0.3) is 0 Å². The highest BCUT2D eigenvalue weighted by molar-refractivity contribution is 8.00. The van der Waals surface area contributed by atoms with E-state index in [1.807, 2.05) is 11.8 Å². The number of hydrogen-bond donors (Lipinski definition) is 1. The maximum atomic E-state index is 12.7. The average molecular weight is 494 g/mol. The molecular weight excluding hydrogens is 471 g/mol. The first-order valence-electron chi connectivity index (χ1n) is 10.4. The second kappa shape index (κ2) is 10.1. The van der Waals surface area contributed by atoms with Crippen LogP contribution in [0.2, 0.25) is 0 Å². The molecule has 1 amide bonds. The molecule has 0 bridgehead atoms. The first-order chi connectivity index (χ1) is 15.8. The Labute approximate surface area is 197 Å². The molecule has 0 spiro atoms. The summed E-state index contributed by atoms with van der Waals surface area (Å²) < 4.78 is 38.9. The summed E-state index contributed by atoms with van der Waals surface area (Å²) in [4.78, 5) is 18.5. The van der Waals surface area contributed by atoms with E-state index in [2.05, 4.69) is 44.8 Å². The third-order valence-electron chi connectivity index (χ3n) is 5.38. The normalized spacial score (nSPS) is 15.0. The van der Waals surface area contributed by atoms with Gasteiger partial charge in [0.1, 0.15) is 5.82 Å². The highest BCUT2D eigenvalue weighted by Gasteiger charge is 2.31. The Hall–Kier alpha value is -2.66. The minimum absolute atomic E-state index is 0.110. The summed E-state index contributed by atoms with van der Waals surface area (Å²) in [7, 11) is 0. The lowest BCUT2D eigenvalue weighted by Crippen LogP contribution is -2.38. The van der Waals surface area contributed by atoms with Gasteiger partial charge >= 0.3 is 6.18 Å². The molecule has 0 atom stereocenters. The SMILES string of the molecule is Cc1ccc(CSc2nnc(NC(=O)C3CCN(c4ccc(C(F)(F)F)cn4)CC3)s2)cc1. The molecule has 3 aromatic rings. The lowest BCUT2D eigenvalue weighted by molar-refractivity contribution is -0.137. The molecule has 1 aromatic carbocycles. The number of hydrogen-bond acceptors (Lipinski definition) is 7. The predicted octanol–water partition coefficient (Wildman–Crippen LogP) is 5.41. The highest BCUT2D eigenvalue weighted by Crippen LogP contribution is 2.31. The lowest BCUT2D eigenvalue weighted by atomic mass is 9.96. The van der Waals surface area contributed by atoms with Gasteiger partial charge in [-0.25, -0.2) is 4.98 Å². The molecule has 0 aliphatic carbocycles. The number of anilines is 2. The van der Waals surface area contributed by atoms with Gasteiger partial charge in [0.2, 0.25) is 11.0 Å². The van der Waals surface area contributed by atoms with Gasteiger partial charge in [0, 0.05) is 31.0 Å². The number of nitrogens with zero attached hydrogens (tertiary/aromatic N) is 4. The Morgan fingerprint density at radius 2 is 1.88 bits per heavy atom. The van der Waals surface area contributed by atoms with Crippen molar-refractivity contribution in [3.8, 4) is 0 Å². The number of rotatable bonds is 6. The van der Waals surface area contributed by atoms with E-state index in [1.165, 1.54) is 28.5 Å². The number of pyridine rings is 1. The molecule has 0 unspecified atom stereocenters. The second-order valence-electron chi connectivity index (χ2n) is 7.80. The third kappa shape index (κ3) is 6.23. The van der Waals surface area contributed by atoms with Gasteiger partial charge in [0.15, 0.2) is 4.34 Å². The van der Waals surface area contributed by atoms with Crippen molar-refractivity contribution >= 4 is 40.0 Å². The van der Waals surface area contributed by atoms with Crippen LogP contribution >= 0.6 is 23.1 Å². The number of carbonyl (C=O) groups excluding carboxylic acids is 1. The summed E-state index contributed by atoms with van der Waals surface area (Å²) in [6, 6.07) is 10.7. The summed E-state index contributed by atoms with van der Waals surface area (Å²) in [5, 5.41) is 11.5. The van der Waals surface area contributed by atoms with Crippen molar-refractivity contribution in [2.24, 2.45) is 5.92 Å². The molecule has 33 heavy (non-hydrogen) atoms. The van der Waals surface area contributed by atoms with Crippen LogP contribution in [0.1, 0.15) is 29.5 Å². The molecule has 3 heterocycles. The van der Waals surface area contributed by atoms with Crippen molar-refractivity contribution in [2.45, 2.75) is 36.0 Å². The number of piperidine rings is 1. The number of aryl methyl sites for hydroxylation is 1. The zero-order valence-corrected chi connectivity index (χ0v) is 19.4. The summed E-state index contributed by atoms with van der Waals surface area (Å²) in [5.74, 6) is 0.963. The molecule has 2 aromatic heterocycles. The number of amides is 1. The molecule has 1 saturated heterocycles. The molecule has 1 N–H and O–H groups in total. The number of nitrogens with one attached hydrogen (secondary N) is 1. The van der Waals surface area contributed by atoms with Crippen LogP contribution in [0, 0.1) is 12.8 Å². The van der Waals surface area contributed by atoms with E-state index in [9.17, 15) is 18.0 Å². The largest absolute Gasteiger partial charge is 0.417 e. The zero-order valence-electron chi connectivity index (χ0n) is 17.8. The number of thioether (sulfide) groups is 1. The highest BCUT2D eigenvalue weighted by atomic mass is 32.2. The monoisotopic (exact) mass is 493 g/mol. The molecule has 0 radical (unpaired) electrons. The van der Waals surface area contributed by atoms with Crippen molar-refractivity contribution < 1.29 is 18.0 Å². The van der Waals surface area contributed by atoms with Crippen molar-refractivity contribution in [2.75, 3.05) is 23.3 Å². The summed E-state index contributed by atoms with van der Waals surface area (Å²) in [5.41, 5.74) is 1.64. The average Bonchev–Trinajstić information content (AvgIpc) is 3.25. The van der Waals surface area contributed by atoms with Crippen LogP contribution in [0.5, 0.6) is 0 Å². The smallest absolute Gasteiger partial charge is 0.357 e. The van der Waals surface area contributed by atoms with Gasteiger partial charge < -0.3 is 10.2 Å². The fourth-order valence-electron chi connectivity index (χ4n) is 3.47. The van der Waals surface area contributed by atoms with E-state index < -0.39 is 11.7 Å². The molecule has 4 rings (SSSR count). The van der Waals surface area contributed by atoms with Crippen molar-refractivity contribution in [1.29, 1.82) is 0 Å². The maximum absolute atomic E-state index is 12.7. The van der Waals surface area contributed by atoms with Crippen LogP contribution in [0.4, 0.5) is 24.1 Å². The van der Waals surface area contributed by atoms with E-state index in [-0.39, 0.29) is 11.8 Å². The van der Waals surface area contributed by atoms with Crippen LogP contribution in [-0.4, -0.2) is 34.2 Å². The van der Waals surface area contributed by atoms with Gasteiger partial charge in [0.05, 0.1) is 5.56 Å². The van der Waals surface area contributed by atoms with E-state index >= 15 is 0 Å². The van der Waals surface area contributed by atoms with E-state index in [0.29, 0.717) is 36.9 Å². The Morgan fingerprint density at radius 1 is 1.15 bits per heavy atom. The minimum Gasteiger partial charge on any atom is -0.357 e. The van der Waals surface area contributed by atoms with Gasteiger partial charge in [0.25, 0.3) is 0 Å². The summed E-state index contributed by atoms with van der Waals surface area (Å²) >= 11 is 2.92. The van der Waals surface area contributed by atoms with Crippen LogP contribution in [-0.2, 0) is 16.7 Å². The van der Waals surface area contributed by atoms with Crippen molar-refractivity contribution in [1.82, 2.24) is 15.2 Å². The molecule has 1 aliphatic heterocycles. The van der Waals surface area contributed by atoms with Gasteiger partial charge in [-0.1, -0.05) is 52.9 Å². The molecule has 6 nitrogen and oxygen atoms in total. The van der Waals surface area contributed by atoms with Crippen LogP contribution in [0.3, 0.4) is 0 Å². The van der Waals surface area contributed by atoms with Gasteiger partial charge in [-0.05, 0) is 37.5 Å². The van der Waals surface area contributed by atoms with Gasteiger partial charge in [-0.15, -0.1) is 10.2 Å². The first-order valence-corrected chi connectivity index (χ1v) is 12.2. The Bertz CT molecular complexity index is 1080. The first kappa shape index (κ1) is 23.5. The molecule has 0 saturated carbocycles. The van der Waals surface area contributed by atoms with E-state index in [1.54, 1.807) is 11.8 Å². The van der Waals surface area contributed by atoms with Gasteiger partial charge in [-0.2, -0.15) is 13.2 Å². The number of aromatic nitrogens is 3. The third-order valence-corrected chi connectivity index (χ3v) is 7.43. The number of benzene rings is 1. The molecule has 1 fully saturated rings. The number of halogens is 3. The number of alkyl halides is 3. The predicted molar refractivity (Wildman–Crippen MR) is 123 cm³/mol. The lowest BCUT2D eigenvalue weighted by Gasteiger charge is -2.32. The summed E-state index contributed by atoms with van der Waals surface area (Å²) in [6.07, 6.45) is -2.39. The van der Waals surface area contributed by atoms with Crippen molar-refractivity contribution in [3.05, 3.63) is 59.3 Å². The fraction of sp³-hybridized carbons (Fsp3) is 0.364. The standard InChI is InChI=1S/C22H22F3N5OS2/c1-14-2-4-15(5-3-14)13-32-21-29-28-20(33-21)27-19(31)16-8-10-30(11-9-16)18-7-6-17(12-26-18)22(23,24)25/h2-7,12,16H,8-11,13H2,1H3,(H,27,28,31). The van der Waals surface area contributed by atoms with Crippen LogP contribution in [0.15, 0.2) is 46.9 Å². The fourth-order valence-corrected chi connectivity index (χ4v) is 5.18. The Morgan fingerprint density at radius 3 is 2.52 bits per heavy atom. The van der Waals surface area contributed by atoms with E-state index in [0.717, 1.165) is 22.4 Å². The summed E-state index contributed by atoms with van der Waals surface area (Å²) in [6.45, 7) is 3.14. The molecule has 11 heteroatoms. The van der Waals surface area contributed by atoms with E-state index in [4.69, 9.17) is 0 Å². The quantitative estimate of drug-likeness (QED) is 0.366. The molecule has 1 aliphatic rings. The second-order valence-corrected chi connectivity index (χ2v) is 10.0. The minimum atomic E-state index is -4.40. The van der Waals surface area contributed by atoms with Crippen LogP contribution < -0.4 is 10.2 Å². The molecular formula is C22H22F3N5OS2. The van der Waals surface area contributed by atoms with Gasteiger partial charge in [-0.3, -0.25) is 4.79 Å². The maximum Gasteiger partial charge on any atom is 0.417 e. The Kier molecular flexibility index (Phi) is 7.18. The number of carbonyl (C=O) groups is 1. The molecule has 174 valence electrons. The van der Waals surface area contributed by atoms with Crippen molar-refractivity contribution in [3.63, 3.8) is 0 Å². The topological polar surface area (TPSA) is 71.0 Å². The Balaban J connectivity index is 1.25.